The minimum Gasteiger partial charge on any atom is -0.493 e. The smallest absolute Gasteiger partial charge is 0.262 e. The fourth-order valence-electron chi connectivity index (χ4n) is 1.89. The number of benzene rings is 2. The summed E-state index contributed by atoms with van der Waals surface area (Å²) in [6, 6.07) is 6.10. The van der Waals surface area contributed by atoms with Crippen LogP contribution in [0.4, 0.5) is 18.9 Å². The van der Waals surface area contributed by atoms with Gasteiger partial charge in [-0.05, 0) is 24.3 Å². The first-order valence-electron chi connectivity index (χ1n) is 6.66. The van der Waals surface area contributed by atoms with Gasteiger partial charge in [-0.1, -0.05) is 6.07 Å². The van der Waals surface area contributed by atoms with Crippen LogP contribution in [0.5, 0.6) is 11.5 Å². The van der Waals surface area contributed by atoms with Gasteiger partial charge in [-0.25, -0.2) is 13.2 Å². The molecule has 0 spiro atoms. The first-order chi connectivity index (χ1) is 11.5. The van der Waals surface area contributed by atoms with Gasteiger partial charge >= 0.3 is 0 Å². The molecule has 8 heteroatoms. The Hall–Kier alpha value is -3.03. The van der Waals surface area contributed by atoms with E-state index in [9.17, 15) is 22.8 Å². The topological polar surface area (TPSA) is 64.6 Å². The van der Waals surface area contributed by atoms with Crippen LogP contribution in [0, 0.1) is 17.5 Å². The molecule has 0 radical (unpaired) electrons. The van der Waals surface area contributed by atoms with Gasteiger partial charge in [0, 0.05) is 0 Å². The van der Waals surface area contributed by atoms with Gasteiger partial charge in [-0.3, -0.25) is 9.59 Å². The maximum atomic E-state index is 13.5. The number of hydrogen-bond acceptors (Lipinski definition) is 4. The molecule has 24 heavy (non-hydrogen) atoms. The van der Waals surface area contributed by atoms with E-state index in [0.717, 1.165) is 6.07 Å². The highest BCUT2D eigenvalue weighted by Gasteiger charge is 2.16. The van der Waals surface area contributed by atoms with E-state index < -0.39 is 35.7 Å². The van der Waals surface area contributed by atoms with Crippen LogP contribution >= 0.6 is 0 Å². The van der Waals surface area contributed by atoms with E-state index >= 15 is 0 Å². The maximum absolute atomic E-state index is 13.5. The highest BCUT2D eigenvalue weighted by Crippen LogP contribution is 2.30. The van der Waals surface area contributed by atoms with Gasteiger partial charge in [0.05, 0.1) is 18.4 Å². The molecule has 2 aromatic rings. The second kappa shape index (κ2) is 7.49. The predicted octanol–water partition coefficient (Wildman–Crippen LogP) is 2.94. The van der Waals surface area contributed by atoms with E-state index in [-0.39, 0.29) is 17.1 Å². The molecule has 0 fully saturated rings. The van der Waals surface area contributed by atoms with Crippen molar-refractivity contribution in [1.29, 1.82) is 0 Å². The molecule has 126 valence electrons. The Kier molecular flexibility index (Phi) is 5.41. The first-order valence-corrected chi connectivity index (χ1v) is 6.66. The molecule has 0 saturated carbocycles. The van der Waals surface area contributed by atoms with Crippen LogP contribution in [0.2, 0.25) is 0 Å². The van der Waals surface area contributed by atoms with Crippen molar-refractivity contribution in [3.05, 3.63) is 53.3 Å². The number of rotatable bonds is 6. The van der Waals surface area contributed by atoms with Crippen LogP contribution in [0.15, 0.2) is 30.3 Å². The van der Waals surface area contributed by atoms with Gasteiger partial charge in [0.15, 0.2) is 41.8 Å². The summed E-state index contributed by atoms with van der Waals surface area (Å²) in [5.41, 5.74) is -0.376. The third-order valence-corrected chi connectivity index (χ3v) is 3.01. The van der Waals surface area contributed by atoms with E-state index in [0.29, 0.717) is 12.4 Å². The summed E-state index contributed by atoms with van der Waals surface area (Å²) in [4.78, 5) is 22.8. The summed E-state index contributed by atoms with van der Waals surface area (Å²) in [6.07, 6.45) is 0.519. The number of methoxy groups -OCH3 is 1. The molecule has 0 aliphatic rings. The number of nitrogens with one attached hydrogen (secondary N) is 1. The predicted molar refractivity (Wildman–Crippen MR) is 78.8 cm³/mol. The van der Waals surface area contributed by atoms with E-state index in [1.807, 2.05) is 5.32 Å². The maximum Gasteiger partial charge on any atom is 0.262 e. The molecular formula is C16H12F3NO4. The van der Waals surface area contributed by atoms with E-state index in [4.69, 9.17) is 9.47 Å². The van der Waals surface area contributed by atoms with Gasteiger partial charge < -0.3 is 14.8 Å². The number of amides is 1. The Morgan fingerprint density at radius 3 is 2.58 bits per heavy atom. The summed E-state index contributed by atoms with van der Waals surface area (Å²) in [5, 5.41) is 2.05. The largest absolute Gasteiger partial charge is 0.493 e. The molecule has 0 aromatic heterocycles. The summed E-state index contributed by atoms with van der Waals surface area (Å²) >= 11 is 0. The lowest BCUT2D eigenvalue weighted by Gasteiger charge is -2.12. The van der Waals surface area contributed by atoms with Gasteiger partial charge in [0.25, 0.3) is 5.91 Å². The fraction of sp³-hybridized carbons (Fsp3) is 0.125. The minimum atomic E-state index is -1.69. The SMILES string of the molecule is COc1cccc(C=O)c1OCC(=O)Nc1ccc(F)c(F)c1F. The number of hydrogen-bond donors (Lipinski definition) is 1. The number of ether oxygens (including phenoxy) is 2. The van der Waals surface area contributed by atoms with Crippen molar-refractivity contribution >= 4 is 17.9 Å². The van der Waals surface area contributed by atoms with Crippen molar-refractivity contribution in [3.8, 4) is 11.5 Å². The molecule has 0 unspecified atom stereocenters. The molecule has 0 bridgehead atoms. The molecule has 2 aromatic carbocycles. The average Bonchev–Trinajstić information content (AvgIpc) is 2.60. The molecule has 0 aliphatic carbocycles. The van der Waals surface area contributed by atoms with Gasteiger partial charge in [-0.2, -0.15) is 0 Å². The normalized spacial score (nSPS) is 10.2. The average molecular weight is 339 g/mol. The lowest BCUT2D eigenvalue weighted by atomic mass is 10.2. The number of aldehydes is 1. The molecule has 1 N–H and O–H groups in total. The molecule has 1 amide bonds. The van der Waals surface area contributed by atoms with Crippen LogP contribution in [0.3, 0.4) is 0 Å². The molecule has 5 nitrogen and oxygen atoms in total. The highest BCUT2D eigenvalue weighted by molar-refractivity contribution is 5.92. The number of carbonyl (C=O) groups is 2. The standard InChI is InChI=1S/C16H12F3NO4/c1-23-12-4-2-3-9(7-21)16(12)24-8-13(22)20-11-6-5-10(17)14(18)15(11)19/h2-7H,8H2,1H3,(H,20,22). The number of carbonyl (C=O) groups excluding carboxylic acids is 2. The Morgan fingerprint density at radius 1 is 1.17 bits per heavy atom. The van der Waals surface area contributed by atoms with Crippen molar-refractivity contribution < 1.29 is 32.2 Å². The summed E-state index contributed by atoms with van der Waals surface area (Å²) in [6.45, 7) is -0.598. The zero-order chi connectivity index (χ0) is 17.7. The Labute approximate surface area is 135 Å². The monoisotopic (exact) mass is 339 g/mol. The fourth-order valence-corrected chi connectivity index (χ4v) is 1.89. The first kappa shape index (κ1) is 17.3. The highest BCUT2D eigenvalue weighted by atomic mass is 19.2. The van der Waals surface area contributed by atoms with E-state index in [2.05, 4.69) is 0 Å². The van der Waals surface area contributed by atoms with Crippen LogP contribution in [-0.4, -0.2) is 25.9 Å². The van der Waals surface area contributed by atoms with Gasteiger partial charge in [0.2, 0.25) is 0 Å². The van der Waals surface area contributed by atoms with Crippen molar-refractivity contribution in [2.45, 2.75) is 0 Å². The summed E-state index contributed by atoms with van der Waals surface area (Å²) < 4.78 is 49.7. The van der Waals surface area contributed by atoms with Crippen molar-refractivity contribution in [2.75, 3.05) is 19.0 Å². The van der Waals surface area contributed by atoms with E-state index in [1.165, 1.54) is 19.2 Å². The molecular weight excluding hydrogens is 327 g/mol. The molecule has 2 rings (SSSR count). The minimum absolute atomic E-state index is 0.0379. The van der Waals surface area contributed by atoms with Crippen LogP contribution in [-0.2, 0) is 4.79 Å². The van der Waals surface area contributed by atoms with Crippen molar-refractivity contribution in [3.63, 3.8) is 0 Å². The third kappa shape index (κ3) is 3.65. The number of para-hydroxylation sites is 1. The molecule has 0 atom stereocenters. The van der Waals surface area contributed by atoms with Gasteiger partial charge in [-0.15, -0.1) is 0 Å². The summed E-state index contributed by atoms with van der Waals surface area (Å²) in [7, 11) is 1.35. The Morgan fingerprint density at radius 2 is 1.92 bits per heavy atom. The Balaban J connectivity index is 2.10. The quantitative estimate of drug-likeness (QED) is 0.649. The second-order valence-electron chi connectivity index (χ2n) is 4.56. The number of anilines is 1. The van der Waals surface area contributed by atoms with Crippen LogP contribution in [0.25, 0.3) is 0 Å². The lowest BCUT2D eigenvalue weighted by molar-refractivity contribution is -0.118. The zero-order valence-corrected chi connectivity index (χ0v) is 12.4. The molecule has 0 heterocycles. The molecule has 0 saturated heterocycles. The molecule has 0 aliphatic heterocycles. The number of halogens is 3. The zero-order valence-electron chi connectivity index (χ0n) is 12.4. The van der Waals surface area contributed by atoms with E-state index in [1.54, 1.807) is 6.07 Å². The van der Waals surface area contributed by atoms with Crippen molar-refractivity contribution in [1.82, 2.24) is 0 Å². The summed E-state index contributed by atoms with van der Waals surface area (Å²) in [5.74, 6) is -5.15. The van der Waals surface area contributed by atoms with Gasteiger partial charge in [0.1, 0.15) is 0 Å². The lowest BCUT2D eigenvalue weighted by Crippen LogP contribution is -2.21. The Bertz CT molecular complexity index is 780. The van der Waals surface area contributed by atoms with Crippen molar-refractivity contribution in [2.24, 2.45) is 0 Å². The second-order valence-corrected chi connectivity index (χ2v) is 4.56. The van der Waals surface area contributed by atoms with Crippen LogP contribution in [0.1, 0.15) is 10.4 Å². The third-order valence-electron chi connectivity index (χ3n) is 3.01. The van der Waals surface area contributed by atoms with Crippen LogP contribution < -0.4 is 14.8 Å².